The first-order valence-electron chi connectivity index (χ1n) is 3.40. The van der Waals surface area contributed by atoms with Gasteiger partial charge in [-0.2, -0.15) is 13.2 Å². The first-order chi connectivity index (χ1) is 5.82. The van der Waals surface area contributed by atoms with Crippen molar-refractivity contribution in [2.75, 3.05) is 7.05 Å². The first-order valence-corrected chi connectivity index (χ1v) is 3.40. The Bertz CT molecular complexity index is 298. The fourth-order valence-electron chi connectivity index (χ4n) is 0.948. The summed E-state index contributed by atoms with van der Waals surface area (Å²) in [6.07, 6.45) is -2.82. The minimum absolute atomic E-state index is 0.620. The molecule has 0 N–H and O–H groups in total. The average molecular weight is 193 g/mol. The quantitative estimate of drug-likeness (QED) is 0.534. The molecule has 5 heteroatoms. The summed E-state index contributed by atoms with van der Waals surface area (Å²) in [6.45, 7) is 3.02. The highest BCUT2D eigenvalue weighted by atomic mass is 19.4. The summed E-state index contributed by atoms with van der Waals surface area (Å²) in [5.74, 6) is -0.961. The van der Waals surface area contributed by atoms with Gasteiger partial charge in [-0.05, 0) is 0 Å². The lowest BCUT2D eigenvalue weighted by atomic mass is 10.1. The van der Waals surface area contributed by atoms with Crippen molar-refractivity contribution < 1.29 is 17.6 Å². The zero-order valence-corrected chi connectivity index (χ0v) is 6.82. The summed E-state index contributed by atoms with van der Waals surface area (Å²) in [6, 6.07) is 0. The van der Waals surface area contributed by atoms with E-state index in [0.29, 0.717) is 0 Å². The van der Waals surface area contributed by atoms with Gasteiger partial charge in [0.2, 0.25) is 0 Å². The molecular formula is C8H7F4N. The molecule has 0 bridgehead atoms. The standard InChI is InChI=1S/C8H7F4N/c1-5-6(8(10,11)12)3-13(2)4-7(5)9/h3-4H,1H2,2H3. The zero-order chi connectivity index (χ0) is 10.2. The highest BCUT2D eigenvalue weighted by Gasteiger charge is 2.38. The van der Waals surface area contributed by atoms with Crippen LogP contribution in [0.4, 0.5) is 17.6 Å². The molecule has 0 aromatic rings. The third kappa shape index (κ3) is 1.91. The van der Waals surface area contributed by atoms with Gasteiger partial charge in [-0.1, -0.05) is 6.58 Å². The summed E-state index contributed by atoms with van der Waals surface area (Å²) in [5, 5.41) is 0. The fourth-order valence-corrected chi connectivity index (χ4v) is 0.948. The van der Waals surface area contributed by atoms with Gasteiger partial charge in [0.05, 0.1) is 5.57 Å². The Hall–Kier alpha value is -1.26. The molecule has 0 aliphatic carbocycles. The SMILES string of the molecule is C=C1C(F)=CN(C)C=C1C(F)(F)F. The Morgan fingerprint density at radius 1 is 1.31 bits per heavy atom. The number of halogens is 4. The lowest BCUT2D eigenvalue weighted by Crippen LogP contribution is -2.20. The number of nitrogens with zero attached hydrogens (tertiary/aromatic N) is 1. The maximum atomic E-state index is 12.8. The van der Waals surface area contributed by atoms with Gasteiger partial charge in [0.15, 0.2) is 0 Å². The van der Waals surface area contributed by atoms with E-state index in [1.54, 1.807) is 0 Å². The normalized spacial score (nSPS) is 18.5. The monoisotopic (exact) mass is 193 g/mol. The molecular weight excluding hydrogens is 186 g/mol. The van der Waals surface area contributed by atoms with Crippen LogP contribution < -0.4 is 0 Å². The van der Waals surface area contributed by atoms with Gasteiger partial charge < -0.3 is 4.90 Å². The minimum atomic E-state index is -4.56. The lowest BCUT2D eigenvalue weighted by molar-refractivity contribution is -0.0904. The summed E-state index contributed by atoms with van der Waals surface area (Å²) in [7, 11) is 1.32. The third-order valence-corrected chi connectivity index (χ3v) is 1.57. The molecule has 0 radical (unpaired) electrons. The van der Waals surface area contributed by atoms with Crippen molar-refractivity contribution in [2.24, 2.45) is 0 Å². The molecule has 0 atom stereocenters. The summed E-state index contributed by atoms with van der Waals surface area (Å²) in [4.78, 5) is 1.01. The topological polar surface area (TPSA) is 3.24 Å². The molecule has 13 heavy (non-hydrogen) atoms. The molecule has 1 nitrogen and oxygen atoms in total. The van der Waals surface area contributed by atoms with Crippen molar-refractivity contribution in [3.05, 3.63) is 36.0 Å². The van der Waals surface area contributed by atoms with Crippen LogP contribution in [0.3, 0.4) is 0 Å². The number of allylic oxidation sites excluding steroid dienone is 3. The van der Waals surface area contributed by atoms with Crippen molar-refractivity contribution >= 4 is 0 Å². The van der Waals surface area contributed by atoms with Crippen LogP contribution in [0.2, 0.25) is 0 Å². The maximum absolute atomic E-state index is 12.8. The molecule has 0 amide bonds. The van der Waals surface area contributed by atoms with Crippen LogP contribution in [0.15, 0.2) is 36.0 Å². The van der Waals surface area contributed by atoms with E-state index < -0.39 is 23.1 Å². The molecule has 1 aliphatic rings. The third-order valence-electron chi connectivity index (χ3n) is 1.57. The van der Waals surface area contributed by atoms with E-state index in [1.165, 1.54) is 7.05 Å². The van der Waals surface area contributed by atoms with Crippen LogP contribution in [0, 0.1) is 0 Å². The molecule has 0 aromatic carbocycles. The largest absolute Gasteiger partial charge is 0.418 e. The van der Waals surface area contributed by atoms with Crippen molar-refractivity contribution in [1.82, 2.24) is 4.90 Å². The maximum Gasteiger partial charge on any atom is 0.418 e. The fraction of sp³-hybridized carbons (Fsp3) is 0.250. The van der Waals surface area contributed by atoms with Gasteiger partial charge >= 0.3 is 6.18 Å². The second-order valence-corrected chi connectivity index (χ2v) is 2.66. The molecule has 72 valence electrons. The number of alkyl halides is 3. The van der Waals surface area contributed by atoms with Gasteiger partial charge in [0.1, 0.15) is 5.83 Å². The number of rotatable bonds is 0. The summed E-state index contributed by atoms with van der Waals surface area (Å²) >= 11 is 0. The van der Waals surface area contributed by atoms with Crippen molar-refractivity contribution in [1.29, 1.82) is 0 Å². The Morgan fingerprint density at radius 2 is 1.85 bits per heavy atom. The lowest BCUT2D eigenvalue weighted by Gasteiger charge is -2.21. The highest BCUT2D eigenvalue weighted by Crippen LogP contribution is 2.36. The number of hydrogen-bond donors (Lipinski definition) is 0. The molecule has 1 heterocycles. The molecule has 0 unspecified atom stereocenters. The second kappa shape index (κ2) is 2.90. The van der Waals surface area contributed by atoms with Crippen LogP contribution in [0.1, 0.15) is 0 Å². The Labute approximate surface area is 72.6 Å². The molecule has 0 saturated heterocycles. The van der Waals surface area contributed by atoms with Gasteiger partial charge in [0, 0.05) is 25.0 Å². The highest BCUT2D eigenvalue weighted by molar-refractivity contribution is 5.46. The first kappa shape index (κ1) is 9.83. The van der Waals surface area contributed by atoms with E-state index >= 15 is 0 Å². The van der Waals surface area contributed by atoms with Crippen LogP contribution in [-0.2, 0) is 0 Å². The zero-order valence-electron chi connectivity index (χ0n) is 6.82. The predicted molar refractivity (Wildman–Crippen MR) is 40.2 cm³/mol. The van der Waals surface area contributed by atoms with Crippen LogP contribution in [-0.4, -0.2) is 18.1 Å². The number of hydrogen-bond acceptors (Lipinski definition) is 1. The Morgan fingerprint density at radius 3 is 2.31 bits per heavy atom. The van der Waals surface area contributed by atoms with Crippen LogP contribution in [0.5, 0.6) is 0 Å². The molecule has 0 saturated carbocycles. The van der Waals surface area contributed by atoms with Crippen molar-refractivity contribution in [3.63, 3.8) is 0 Å². The van der Waals surface area contributed by atoms with Crippen LogP contribution in [0.25, 0.3) is 0 Å². The average Bonchev–Trinajstić information content (AvgIpc) is 1.94. The van der Waals surface area contributed by atoms with E-state index in [-0.39, 0.29) is 0 Å². The van der Waals surface area contributed by atoms with Crippen LogP contribution >= 0.6 is 0 Å². The Balaban J connectivity index is 3.06. The van der Waals surface area contributed by atoms with Gasteiger partial charge in [-0.25, -0.2) is 4.39 Å². The van der Waals surface area contributed by atoms with E-state index in [9.17, 15) is 17.6 Å². The molecule has 1 rings (SSSR count). The van der Waals surface area contributed by atoms with Crippen molar-refractivity contribution in [2.45, 2.75) is 6.18 Å². The van der Waals surface area contributed by atoms with Gasteiger partial charge in [-0.15, -0.1) is 0 Å². The Kier molecular flexibility index (Phi) is 2.19. The summed E-state index contributed by atoms with van der Waals surface area (Å²) < 4.78 is 49.4. The molecule has 1 aliphatic heterocycles. The minimum Gasteiger partial charge on any atom is -0.354 e. The van der Waals surface area contributed by atoms with Gasteiger partial charge in [0.25, 0.3) is 0 Å². The van der Waals surface area contributed by atoms with E-state index in [2.05, 4.69) is 6.58 Å². The van der Waals surface area contributed by atoms with E-state index in [4.69, 9.17) is 0 Å². The molecule has 0 fully saturated rings. The second-order valence-electron chi connectivity index (χ2n) is 2.66. The van der Waals surface area contributed by atoms with Crippen molar-refractivity contribution in [3.8, 4) is 0 Å². The molecule has 0 aromatic heterocycles. The van der Waals surface area contributed by atoms with Gasteiger partial charge in [-0.3, -0.25) is 0 Å². The summed E-state index contributed by atoms with van der Waals surface area (Å²) in [5.41, 5.74) is -1.67. The smallest absolute Gasteiger partial charge is 0.354 e. The van der Waals surface area contributed by atoms with E-state index in [1.807, 2.05) is 0 Å². The van der Waals surface area contributed by atoms with E-state index in [0.717, 1.165) is 17.3 Å². The molecule has 0 spiro atoms. The predicted octanol–water partition coefficient (Wildman–Crippen LogP) is 2.75.